The molecule has 86 heavy (non-hydrogen) atoms. The van der Waals surface area contributed by atoms with Gasteiger partial charge in [0.25, 0.3) is 0 Å². The maximum absolute atomic E-state index is 11.8. The first kappa shape index (κ1) is 57.6. The number of aromatic nitrogens is 8. The average Bonchev–Trinajstić information content (AvgIpc) is 1.73. The number of benzene rings is 2. The van der Waals surface area contributed by atoms with Crippen LogP contribution in [0.25, 0.3) is 77.6 Å². The third-order valence-electron chi connectivity index (χ3n) is 16.7. The van der Waals surface area contributed by atoms with Crippen molar-refractivity contribution < 1.29 is 36.0 Å². The van der Waals surface area contributed by atoms with E-state index in [4.69, 9.17) is 54.4 Å². The van der Waals surface area contributed by atoms with Crippen LogP contribution in [0.15, 0.2) is 82.2 Å². The van der Waals surface area contributed by atoms with Crippen molar-refractivity contribution in [2.24, 2.45) is 0 Å². The number of pyridine rings is 2. The monoisotopic (exact) mass is 1220 g/mol. The number of fused-ring (bicyclic) bond motifs is 8. The molecular weight excluding hydrogens is 1160 g/mol. The number of aromatic amines is 2. The van der Waals surface area contributed by atoms with Crippen LogP contribution in [0.3, 0.4) is 0 Å². The fourth-order valence-electron chi connectivity index (χ4n) is 11.4. The van der Waals surface area contributed by atoms with Gasteiger partial charge in [-0.05, 0) is 110 Å². The summed E-state index contributed by atoms with van der Waals surface area (Å²) in [5.74, 6) is 4.81. The number of furan rings is 2. The summed E-state index contributed by atoms with van der Waals surface area (Å²) >= 11 is 6.23. The van der Waals surface area contributed by atoms with Crippen molar-refractivity contribution in [3.63, 3.8) is 0 Å². The van der Waals surface area contributed by atoms with Gasteiger partial charge in [0.15, 0.2) is 28.6 Å². The molecule has 0 unspecified atom stereocenters. The molecule has 22 nitrogen and oxygen atoms in total. The highest BCUT2D eigenvalue weighted by molar-refractivity contribution is 7.85. The standard InChI is InChI=1S/C27H25N7O3S.C18H20ClN5O3S.C15H17BN2O2/c28-14-17-11-20(19-1-2-29-22(19)13-17)25-31-23-21-12-18(16-33-5-9-38(35)10-6-33)15-30-27(21)37-24(23)26(32-25)34-3-7-36-8-4-34;19-18-21-14-13-9-12(11-23-3-7-28(25)8-4-23)10-20-17(13)27-15(14)16(22-18)24-1-5-26-6-2-24;1-14(2)15(3,4)20-16(19-14)12-7-10(9-17)8-13-11(12)5-6-18-13/h1-2,11-13,15,29H,3-10,16H2;9-10H,1-8,11H2;5-8,18H,1-4H3. The fourth-order valence-corrected chi connectivity index (χ4v) is 13.8. The highest BCUT2D eigenvalue weighted by Crippen LogP contribution is 2.40. The van der Waals surface area contributed by atoms with Crippen molar-refractivity contribution in [2.45, 2.75) is 52.0 Å². The van der Waals surface area contributed by atoms with E-state index in [1.54, 1.807) is 0 Å². The zero-order valence-corrected chi connectivity index (χ0v) is 50.4. The molecule has 2 aromatic carbocycles. The van der Waals surface area contributed by atoms with Crippen LogP contribution < -0.4 is 15.3 Å². The summed E-state index contributed by atoms with van der Waals surface area (Å²) in [5.41, 5.74) is 9.62. The molecule has 15 rings (SSSR count). The van der Waals surface area contributed by atoms with Gasteiger partial charge in [0, 0.05) is 157 Å². The molecule has 0 saturated carbocycles. The number of halogens is 1. The number of ether oxygens (including phenoxy) is 2. The van der Waals surface area contributed by atoms with Gasteiger partial charge in [-0.15, -0.1) is 0 Å². The fraction of sp³-hybridized carbons (Fsp3) is 0.400. The smallest absolute Gasteiger partial charge is 0.432 e. The molecule has 5 fully saturated rings. The Bertz CT molecular complexity index is 4320. The van der Waals surface area contributed by atoms with Gasteiger partial charge >= 0.3 is 7.12 Å². The molecule has 10 aromatic rings. The molecule has 5 aliphatic heterocycles. The maximum Gasteiger partial charge on any atom is 0.495 e. The van der Waals surface area contributed by atoms with Crippen molar-refractivity contribution in [1.29, 1.82) is 10.5 Å². The highest BCUT2D eigenvalue weighted by atomic mass is 35.5. The van der Waals surface area contributed by atoms with E-state index in [-0.39, 0.29) is 16.5 Å². The van der Waals surface area contributed by atoms with E-state index >= 15 is 0 Å². The molecule has 13 heterocycles. The molecular formula is C60H62BClN14O8S2. The number of nitrogens with zero attached hydrogens (tertiary/aromatic N) is 12. The van der Waals surface area contributed by atoms with Gasteiger partial charge in [-0.25, -0.2) is 24.9 Å². The van der Waals surface area contributed by atoms with Crippen LogP contribution in [0.4, 0.5) is 11.6 Å². The number of nitriles is 2. The normalized spacial score (nSPS) is 18.8. The number of anilines is 2. The summed E-state index contributed by atoms with van der Waals surface area (Å²) in [6.45, 7) is 18.2. The van der Waals surface area contributed by atoms with Crippen molar-refractivity contribution in [3.05, 3.63) is 101 Å². The van der Waals surface area contributed by atoms with Crippen LogP contribution in [-0.2, 0) is 53.5 Å². The Balaban J connectivity index is 0.000000126. The van der Waals surface area contributed by atoms with Crippen LogP contribution in [0, 0.1) is 22.7 Å². The Morgan fingerprint density at radius 1 is 0.605 bits per heavy atom. The van der Waals surface area contributed by atoms with Gasteiger partial charge < -0.3 is 47.4 Å². The number of hydrogen-bond acceptors (Lipinski definition) is 20. The van der Waals surface area contributed by atoms with Gasteiger partial charge in [-0.2, -0.15) is 15.5 Å². The number of H-pyrrole nitrogens is 2. The van der Waals surface area contributed by atoms with E-state index in [0.717, 1.165) is 119 Å². The lowest BCUT2D eigenvalue weighted by molar-refractivity contribution is 0.00578. The molecule has 0 spiro atoms. The first-order chi connectivity index (χ1) is 41.7. The zero-order valence-electron chi connectivity index (χ0n) is 48.1. The minimum absolute atomic E-state index is 0.195. The van der Waals surface area contributed by atoms with Gasteiger partial charge in [0.2, 0.25) is 16.7 Å². The Labute approximate surface area is 505 Å². The summed E-state index contributed by atoms with van der Waals surface area (Å²) in [5, 5.41) is 22.7. The quantitative estimate of drug-likeness (QED) is 0.111. The molecule has 0 radical (unpaired) electrons. The minimum atomic E-state index is -0.714. The summed E-state index contributed by atoms with van der Waals surface area (Å²) < 4.78 is 58.8. The van der Waals surface area contributed by atoms with Gasteiger partial charge in [0.1, 0.15) is 11.0 Å². The van der Waals surface area contributed by atoms with E-state index in [2.05, 4.69) is 73.8 Å². The van der Waals surface area contributed by atoms with Crippen LogP contribution in [0.5, 0.6) is 0 Å². The van der Waals surface area contributed by atoms with Gasteiger partial charge in [-0.1, -0.05) is 0 Å². The van der Waals surface area contributed by atoms with Crippen molar-refractivity contribution in [3.8, 4) is 23.5 Å². The summed E-state index contributed by atoms with van der Waals surface area (Å²) in [4.78, 5) is 43.2. The summed E-state index contributed by atoms with van der Waals surface area (Å²) in [6.07, 6.45) is 7.40. The zero-order chi connectivity index (χ0) is 59.3. The lowest BCUT2D eigenvalue weighted by Gasteiger charge is -2.32. The third-order valence-corrected chi connectivity index (χ3v) is 19.5. The summed E-state index contributed by atoms with van der Waals surface area (Å²) in [6, 6.07) is 19.9. The van der Waals surface area contributed by atoms with Crippen LogP contribution >= 0.6 is 11.6 Å². The van der Waals surface area contributed by atoms with Crippen molar-refractivity contribution in [1.82, 2.24) is 49.7 Å². The molecule has 442 valence electrons. The molecule has 8 aromatic heterocycles. The number of morpholine rings is 2. The van der Waals surface area contributed by atoms with Crippen LogP contribution in [0.2, 0.25) is 5.28 Å². The van der Waals surface area contributed by atoms with Gasteiger partial charge in [0.05, 0.1) is 71.7 Å². The topological polar surface area (TPSA) is 267 Å². The molecule has 2 N–H and O–H groups in total. The average molecular weight is 1220 g/mol. The Hall–Kier alpha value is -7.43. The van der Waals surface area contributed by atoms with Crippen LogP contribution in [0.1, 0.15) is 49.9 Å². The van der Waals surface area contributed by atoms with Gasteiger partial charge in [-0.3, -0.25) is 18.2 Å². The van der Waals surface area contributed by atoms with Crippen molar-refractivity contribution >= 4 is 124 Å². The van der Waals surface area contributed by atoms with Crippen LogP contribution in [-0.4, -0.2) is 178 Å². The Morgan fingerprint density at radius 2 is 1.08 bits per heavy atom. The largest absolute Gasteiger partial charge is 0.495 e. The molecule has 5 aliphatic rings. The maximum atomic E-state index is 11.8. The predicted molar refractivity (Wildman–Crippen MR) is 332 cm³/mol. The second-order valence-corrected chi connectivity index (χ2v) is 26.6. The lowest BCUT2D eigenvalue weighted by Crippen LogP contribution is -2.41. The Kier molecular flexibility index (Phi) is 16.1. The van der Waals surface area contributed by atoms with E-state index in [0.29, 0.717) is 113 Å². The molecule has 0 bridgehead atoms. The van der Waals surface area contributed by atoms with E-state index in [1.807, 2.05) is 88.9 Å². The third kappa shape index (κ3) is 11.7. The van der Waals surface area contributed by atoms with E-state index in [1.165, 1.54) is 0 Å². The molecule has 26 heteroatoms. The first-order valence-corrected chi connectivity index (χ1v) is 32.0. The first-order valence-electron chi connectivity index (χ1n) is 28.7. The second kappa shape index (κ2) is 24.0. The lowest BCUT2D eigenvalue weighted by atomic mass is 9.76. The number of hydrogen-bond donors (Lipinski definition) is 2. The minimum Gasteiger partial charge on any atom is -0.432 e. The SMILES string of the molecule is CC1(C)OB(c2cc(C#N)cc3[nH]ccc23)OC1(C)C.N#Cc1cc(-c2nc(N3CCOCC3)c3oc4ncc(CN5CCS(=O)CC5)cc4c3n2)c2cc[nH]c2c1.O=S1CCN(Cc2cnc3oc4c(N5CCOCC5)nc(Cl)nc4c3c2)CC1. The summed E-state index contributed by atoms with van der Waals surface area (Å²) in [7, 11) is -1.85. The molecule has 0 aliphatic carbocycles. The van der Waals surface area contributed by atoms with E-state index in [9.17, 15) is 13.7 Å². The Morgan fingerprint density at radius 3 is 1.60 bits per heavy atom. The number of nitrogens with one attached hydrogen (secondary N) is 2. The van der Waals surface area contributed by atoms with Crippen molar-refractivity contribution in [2.75, 3.05) is 112 Å². The molecule has 5 saturated heterocycles. The molecule has 0 atom stereocenters. The predicted octanol–water partition coefficient (Wildman–Crippen LogP) is 7.36. The van der Waals surface area contributed by atoms with E-state index < -0.39 is 28.7 Å². The second-order valence-electron chi connectivity index (χ2n) is 22.9. The number of rotatable bonds is 8. The highest BCUT2D eigenvalue weighted by Gasteiger charge is 2.52. The molecule has 0 amide bonds.